The molecule has 2 heterocycles. The van der Waals surface area contributed by atoms with E-state index in [-0.39, 0.29) is 0 Å². The maximum Gasteiger partial charge on any atom is 0.105 e. The van der Waals surface area contributed by atoms with Gasteiger partial charge in [-0.1, -0.05) is 29.6 Å². The van der Waals surface area contributed by atoms with Gasteiger partial charge in [0.05, 0.1) is 5.69 Å². The summed E-state index contributed by atoms with van der Waals surface area (Å²) in [5, 5.41) is 1.40. The third-order valence-electron chi connectivity index (χ3n) is 3.43. The number of nitrogens with zero attached hydrogens (tertiary/aromatic N) is 2. The van der Waals surface area contributed by atoms with E-state index >= 15 is 0 Å². The van der Waals surface area contributed by atoms with Gasteiger partial charge in [-0.05, 0) is 25.0 Å². The van der Waals surface area contributed by atoms with Crippen molar-refractivity contribution in [1.82, 2.24) is 4.90 Å². The van der Waals surface area contributed by atoms with Crippen LogP contribution in [0, 0.1) is 0 Å². The van der Waals surface area contributed by atoms with Gasteiger partial charge in [0.2, 0.25) is 0 Å². The van der Waals surface area contributed by atoms with Gasteiger partial charge in [0.1, 0.15) is 5.84 Å². The second-order valence-corrected chi connectivity index (χ2v) is 5.49. The first-order chi connectivity index (χ1) is 8.24. The Morgan fingerprint density at radius 2 is 2.00 bits per heavy atom. The number of fused-ring (bicyclic) bond motifs is 2. The van der Waals surface area contributed by atoms with Crippen molar-refractivity contribution in [1.29, 1.82) is 0 Å². The predicted molar refractivity (Wildman–Crippen MR) is 72.4 cm³/mol. The molecule has 0 bridgehead atoms. The zero-order valence-corrected chi connectivity index (χ0v) is 11.1. The highest BCUT2D eigenvalue weighted by Crippen LogP contribution is 2.36. The van der Waals surface area contributed by atoms with Gasteiger partial charge in [0.25, 0.3) is 0 Å². The van der Waals surface area contributed by atoms with Gasteiger partial charge in [-0.15, -0.1) is 0 Å². The fraction of sp³-hybridized carbons (Fsp3) is 0.462. The summed E-state index contributed by atoms with van der Waals surface area (Å²) in [4.78, 5) is 7.08. The molecule has 90 valence electrons. The fourth-order valence-electron chi connectivity index (χ4n) is 2.52. The van der Waals surface area contributed by atoms with Gasteiger partial charge in [-0.25, -0.2) is 4.99 Å². The molecule has 1 aromatic carbocycles. The van der Waals surface area contributed by atoms with Crippen LogP contribution in [-0.4, -0.2) is 17.3 Å². The lowest BCUT2D eigenvalue weighted by atomic mass is 10.1. The van der Waals surface area contributed by atoms with Crippen LogP contribution < -0.4 is 0 Å². The third kappa shape index (κ3) is 2.16. The Bertz CT molecular complexity index is 483. The molecule has 3 rings (SSSR count). The summed E-state index contributed by atoms with van der Waals surface area (Å²) in [7, 11) is 0. The van der Waals surface area contributed by atoms with Crippen molar-refractivity contribution in [3.05, 3.63) is 27.7 Å². The van der Waals surface area contributed by atoms with E-state index in [2.05, 4.69) is 4.90 Å². The minimum Gasteiger partial charge on any atom is -0.356 e. The monoisotopic (exact) mass is 268 g/mol. The van der Waals surface area contributed by atoms with Gasteiger partial charge >= 0.3 is 0 Å². The maximum absolute atomic E-state index is 6.24. The molecular weight excluding hydrogens is 255 g/mol. The van der Waals surface area contributed by atoms with Crippen molar-refractivity contribution in [2.45, 2.75) is 32.2 Å². The van der Waals surface area contributed by atoms with Crippen molar-refractivity contribution < 1.29 is 0 Å². The molecule has 0 radical (unpaired) electrons. The Morgan fingerprint density at radius 1 is 1.12 bits per heavy atom. The quantitative estimate of drug-likeness (QED) is 0.681. The van der Waals surface area contributed by atoms with E-state index < -0.39 is 0 Å². The topological polar surface area (TPSA) is 15.6 Å². The van der Waals surface area contributed by atoms with Crippen LogP contribution in [0.15, 0.2) is 17.1 Å². The second kappa shape index (κ2) is 4.51. The minimum absolute atomic E-state index is 0.667. The summed E-state index contributed by atoms with van der Waals surface area (Å²) in [5.41, 5.74) is 2.07. The first-order valence-electron chi connectivity index (χ1n) is 6.04. The molecule has 1 fully saturated rings. The smallest absolute Gasteiger partial charge is 0.105 e. The zero-order valence-electron chi connectivity index (χ0n) is 9.55. The van der Waals surface area contributed by atoms with E-state index in [1.54, 1.807) is 6.07 Å². The number of amidine groups is 1. The van der Waals surface area contributed by atoms with E-state index in [1.807, 2.05) is 6.07 Å². The van der Waals surface area contributed by atoms with E-state index in [0.717, 1.165) is 35.8 Å². The second-order valence-electron chi connectivity index (χ2n) is 4.65. The van der Waals surface area contributed by atoms with Crippen molar-refractivity contribution in [2.75, 3.05) is 6.54 Å². The van der Waals surface area contributed by atoms with E-state index in [4.69, 9.17) is 28.2 Å². The lowest BCUT2D eigenvalue weighted by molar-refractivity contribution is 0.403. The van der Waals surface area contributed by atoms with Crippen LogP contribution in [0.1, 0.15) is 31.2 Å². The van der Waals surface area contributed by atoms with Crippen LogP contribution in [-0.2, 0) is 6.54 Å². The first kappa shape index (κ1) is 11.4. The molecule has 0 atom stereocenters. The largest absolute Gasteiger partial charge is 0.356 e. The number of halogens is 2. The molecule has 17 heavy (non-hydrogen) atoms. The van der Waals surface area contributed by atoms with Crippen molar-refractivity contribution in [3.63, 3.8) is 0 Å². The van der Waals surface area contributed by atoms with Gasteiger partial charge in [0.15, 0.2) is 0 Å². The van der Waals surface area contributed by atoms with Crippen LogP contribution in [0.3, 0.4) is 0 Å². The standard InChI is InChI=1S/C13H14Cl2N2/c14-9-6-11(15)10-8-17-5-3-1-2-4-13(17)16-12(10)7-9/h6-7H,1-5,8H2. The number of aliphatic imine (C=N–C) groups is 1. The van der Waals surface area contributed by atoms with Gasteiger partial charge in [-0.3, -0.25) is 0 Å². The zero-order chi connectivity index (χ0) is 11.8. The molecule has 2 nitrogen and oxygen atoms in total. The highest BCUT2D eigenvalue weighted by molar-refractivity contribution is 6.35. The Hall–Kier alpha value is -0.730. The highest BCUT2D eigenvalue weighted by atomic mass is 35.5. The van der Waals surface area contributed by atoms with Gasteiger partial charge in [0, 0.05) is 35.1 Å². The molecule has 1 aromatic rings. The van der Waals surface area contributed by atoms with Gasteiger partial charge in [-0.2, -0.15) is 0 Å². The first-order valence-corrected chi connectivity index (χ1v) is 6.80. The van der Waals surface area contributed by atoms with E-state index in [9.17, 15) is 0 Å². The summed E-state index contributed by atoms with van der Waals surface area (Å²) in [6.07, 6.45) is 4.85. The van der Waals surface area contributed by atoms with Crippen LogP contribution in [0.4, 0.5) is 5.69 Å². The summed E-state index contributed by atoms with van der Waals surface area (Å²) in [6.45, 7) is 1.97. The van der Waals surface area contributed by atoms with Crippen LogP contribution in [0.25, 0.3) is 0 Å². The molecule has 0 spiro atoms. The number of rotatable bonds is 0. The van der Waals surface area contributed by atoms with E-state index in [1.165, 1.54) is 25.1 Å². The lowest BCUT2D eigenvalue weighted by Crippen LogP contribution is -2.32. The Kier molecular flexibility index (Phi) is 3.01. The Balaban J connectivity index is 2.05. The molecule has 1 saturated heterocycles. The number of hydrogen-bond acceptors (Lipinski definition) is 2. The summed E-state index contributed by atoms with van der Waals surface area (Å²) < 4.78 is 0. The SMILES string of the molecule is Clc1cc(Cl)c2c(c1)N=C1CCCCCN1C2. The van der Waals surface area contributed by atoms with Gasteiger partial charge < -0.3 is 4.90 Å². The average Bonchev–Trinajstić information content (AvgIpc) is 2.51. The van der Waals surface area contributed by atoms with Crippen molar-refractivity contribution in [2.24, 2.45) is 4.99 Å². The highest BCUT2D eigenvalue weighted by Gasteiger charge is 2.23. The normalized spacial score (nSPS) is 19.2. The minimum atomic E-state index is 0.667. The summed E-state index contributed by atoms with van der Waals surface area (Å²) >= 11 is 12.3. The molecular formula is C13H14Cl2N2. The lowest BCUT2D eigenvalue weighted by Gasteiger charge is -2.29. The van der Waals surface area contributed by atoms with Crippen LogP contribution in [0.2, 0.25) is 10.0 Å². The van der Waals surface area contributed by atoms with Crippen molar-refractivity contribution in [3.8, 4) is 0 Å². The molecule has 0 unspecified atom stereocenters. The van der Waals surface area contributed by atoms with Crippen LogP contribution >= 0.6 is 23.2 Å². The predicted octanol–water partition coefficient (Wildman–Crippen LogP) is 4.41. The van der Waals surface area contributed by atoms with E-state index in [0.29, 0.717) is 5.02 Å². The third-order valence-corrected chi connectivity index (χ3v) is 3.98. The molecule has 0 N–H and O–H groups in total. The van der Waals surface area contributed by atoms with Crippen LogP contribution in [0.5, 0.6) is 0 Å². The average molecular weight is 269 g/mol. The molecule has 2 aliphatic heterocycles. The maximum atomic E-state index is 6.24. The van der Waals surface area contributed by atoms with Crippen molar-refractivity contribution >= 4 is 34.7 Å². The number of hydrogen-bond donors (Lipinski definition) is 0. The fourth-order valence-corrected chi connectivity index (χ4v) is 3.07. The molecule has 0 saturated carbocycles. The summed E-state index contributed by atoms with van der Waals surface area (Å²) in [6, 6.07) is 3.72. The molecule has 0 aliphatic carbocycles. The number of benzene rings is 1. The molecule has 2 aliphatic rings. The Morgan fingerprint density at radius 3 is 2.88 bits per heavy atom. The summed E-state index contributed by atoms with van der Waals surface area (Å²) in [5.74, 6) is 1.20. The molecule has 0 aromatic heterocycles. The Labute approximate surface area is 111 Å². The molecule has 4 heteroatoms. The molecule has 0 amide bonds.